The van der Waals surface area contributed by atoms with Crippen LogP contribution in [0.3, 0.4) is 0 Å². The molecule has 1 aromatic rings. The predicted molar refractivity (Wildman–Crippen MR) is 71.4 cm³/mol. The number of nitrogens with zero attached hydrogens (tertiary/aromatic N) is 1. The van der Waals surface area contributed by atoms with Gasteiger partial charge in [0, 0.05) is 12.0 Å². The first-order valence-electron chi connectivity index (χ1n) is 6.11. The molecule has 0 fully saturated rings. The van der Waals surface area contributed by atoms with Gasteiger partial charge in [-0.15, -0.1) is 0 Å². The Morgan fingerprint density at radius 3 is 2.59 bits per heavy atom. The standard InChI is InChI=1S/C15H19NO/c1-11(2)17-15-14(12(3)10-16-15)9-13-7-5-4-6-8-13/h4-8,11H,9-10H2,1-3H3. The van der Waals surface area contributed by atoms with Crippen LogP contribution >= 0.6 is 0 Å². The lowest BCUT2D eigenvalue weighted by molar-refractivity contribution is 0.229. The highest BCUT2D eigenvalue weighted by Gasteiger charge is 2.19. The lowest BCUT2D eigenvalue weighted by Gasteiger charge is -2.13. The molecule has 90 valence electrons. The lowest BCUT2D eigenvalue weighted by atomic mass is 10.0. The van der Waals surface area contributed by atoms with Crippen LogP contribution in [0.1, 0.15) is 26.3 Å². The van der Waals surface area contributed by atoms with Crippen molar-refractivity contribution in [2.75, 3.05) is 6.54 Å². The van der Waals surface area contributed by atoms with Crippen LogP contribution in [0.15, 0.2) is 46.5 Å². The quantitative estimate of drug-likeness (QED) is 0.778. The molecule has 1 heterocycles. The molecule has 1 aliphatic heterocycles. The van der Waals surface area contributed by atoms with Crippen molar-refractivity contribution < 1.29 is 4.74 Å². The fraction of sp³-hybridized carbons (Fsp3) is 0.400. The van der Waals surface area contributed by atoms with Gasteiger partial charge in [0.15, 0.2) is 0 Å². The van der Waals surface area contributed by atoms with E-state index in [0.29, 0.717) is 0 Å². The fourth-order valence-corrected chi connectivity index (χ4v) is 1.92. The van der Waals surface area contributed by atoms with Crippen LogP contribution in [0.5, 0.6) is 0 Å². The number of ether oxygens (including phenoxy) is 1. The highest BCUT2D eigenvalue weighted by atomic mass is 16.5. The summed E-state index contributed by atoms with van der Waals surface area (Å²) in [4.78, 5) is 4.45. The molecule has 0 amide bonds. The lowest BCUT2D eigenvalue weighted by Crippen LogP contribution is -2.14. The molecule has 0 atom stereocenters. The van der Waals surface area contributed by atoms with Crippen LogP contribution in [0, 0.1) is 0 Å². The monoisotopic (exact) mass is 229 g/mol. The summed E-state index contributed by atoms with van der Waals surface area (Å²) in [6.45, 7) is 7.00. The number of rotatable bonds is 3. The topological polar surface area (TPSA) is 21.6 Å². The summed E-state index contributed by atoms with van der Waals surface area (Å²) < 4.78 is 5.76. The highest BCUT2D eigenvalue weighted by Crippen LogP contribution is 2.21. The Hall–Kier alpha value is -1.57. The van der Waals surface area contributed by atoms with Crippen molar-refractivity contribution in [2.24, 2.45) is 4.99 Å². The Kier molecular flexibility index (Phi) is 3.62. The second-order valence-electron chi connectivity index (χ2n) is 4.71. The Morgan fingerprint density at radius 1 is 1.24 bits per heavy atom. The van der Waals surface area contributed by atoms with E-state index in [4.69, 9.17) is 4.74 Å². The third-order valence-corrected chi connectivity index (χ3v) is 2.80. The Morgan fingerprint density at radius 2 is 1.94 bits per heavy atom. The molecule has 1 aliphatic rings. The first kappa shape index (κ1) is 11.9. The summed E-state index contributed by atoms with van der Waals surface area (Å²) in [5.41, 5.74) is 3.89. The fourth-order valence-electron chi connectivity index (χ4n) is 1.92. The zero-order valence-electron chi connectivity index (χ0n) is 10.7. The van der Waals surface area contributed by atoms with Gasteiger partial charge in [0.25, 0.3) is 0 Å². The van der Waals surface area contributed by atoms with E-state index in [1.54, 1.807) is 0 Å². The van der Waals surface area contributed by atoms with Crippen molar-refractivity contribution in [1.82, 2.24) is 0 Å². The molecule has 0 N–H and O–H groups in total. The van der Waals surface area contributed by atoms with Gasteiger partial charge in [-0.05, 0) is 31.9 Å². The minimum atomic E-state index is 0.186. The van der Waals surface area contributed by atoms with Gasteiger partial charge in [-0.3, -0.25) is 0 Å². The van der Waals surface area contributed by atoms with Crippen molar-refractivity contribution in [3.8, 4) is 0 Å². The molecule has 0 radical (unpaired) electrons. The Balaban J connectivity index is 2.14. The largest absolute Gasteiger partial charge is 0.475 e. The predicted octanol–water partition coefficient (Wildman–Crippen LogP) is 3.38. The molecular weight excluding hydrogens is 210 g/mol. The van der Waals surface area contributed by atoms with Crippen molar-refractivity contribution in [3.05, 3.63) is 47.0 Å². The van der Waals surface area contributed by atoms with Crippen LogP contribution < -0.4 is 0 Å². The summed E-state index contributed by atoms with van der Waals surface area (Å²) in [5, 5.41) is 0. The Labute approximate surface area is 103 Å². The average Bonchev–Trinajstić information content (AvgIpc) is 2.62. The molecule has 1 aromatic carbocycles. The number of benzene rings is 1. The van der Waals surface area contributed by atoms with E-state index in [1.165, 1.54) is 16.7 Å². The third kappa shape index (κ3) is 2.96. The second kappa shape index (κ2) is 5.17. The van der Waals surface area contributed by atoms with Gasteiger partial charge < -0.3 is 4.74 Å². The van der Waals surface area contributed by atoms with Gasteiger partial charge in [-0.1, -0.05) is 30.3 Å². The summed E-state index contributed by atoms with van der Waals surface area (Å²) >= 11 is 0. The number of aliphatic imine (C=N–C) groups is 1. The van der Waals surface area contributed by atoms with Crippen LogP contribution in [-0.2, 0) is 11.2 Å². The van der Waals surface area contributed by atoms with Gasteiger partial charge in [-0.2, -0.15) is 0 Å². The zero-order valence-corrected chi connectivity index (χ0v) is 10.7. The molecule has 0 aliphatic carbocycles. The molecule has 2 nitrogen and oxygen atoms in total. The van der Waals surface area contributed by atoms with E-state index in [0.717, 1.165) is 18.9 Å². The van der Waals surface area contributed by atoms with E-state index >= 15 is 0 Å². The second-order valence-corrected chi connectivity index (χ2v) is 4.71. The van der Waals surface area contributed by atoms with Gasteiger partial charge >= 0.3 is 0 Å². The molecule has 0 saturated heterocycles. The Bertz CT molecular complexity index is 443. The van der Waals surface area contributed by atoms with Crippen LogP contribution in [0.25, 0.3) is 0 Å². The highest BCUT2D eigenvalue weighted by molar-refractivity contribution is 5.96. The van der Waals surface area contributed by atoms with Gasteiger partial charge in [0.1, 0.15) is 0 Å². The molecule has 0 bridgehead atoms. The molecular formula is C15H19NO. The van der Waals surface area contributed by atoms with E-state index < -0.39 is 0 Å². The SMILES string of the molecule is CC1=C(Cc2ccccc2)C(OC(C)C)=NC1. The summed E-state index contributed by atoms with van der Waals surface area (Å²) in [5.74, 6) is 0.835. The first-order valence-corrected chi connectivity index (χ1v) is 6.11. The van der Waals surface area contributed by atoms with Gasteiger partial charge in [0.05, 0.1) is 12.6 Å². The van der Waals surface area contributed by atoms with Crippen molar-refractivity contribution in [3.63, 3.8) is 0 Å². The smallest absolute Gasteiger partial charge is 0.212 e. The normalized spacial score (nSPS) is 15.4. The molecule has 2 heteroatoms. The van der Waals surface area contributed by atoms with Crippen LogP contribution in [0.2, 0.25) is 0 Å². The average molecular weight is 229 g/mol. The minimum Gasteiger partial charge on any atom is -0.475 e. The zero-order chi connectivity index (χ0) is 12.3. The molecule has 0 spiro atoms. The molecule has 0 saturated carbocycles. The number of hydrogen-bond acceptors (Lipinski definition) is 2. The van der Waals surface area contributed by atoms with E-state index in [-0.39, 0.29) is 6.10 Å². The van der Waals surface area contributed by atoms with E-state index in [1.807, 2.05) is 19.9 Å². The van der Waals surface area contributed by atoms with Crippen molar-refractivity contribution >= 4 is 5.90 Å². The maximum atomic E-state index is 5.76. The van der Waals surface area contributed by atoms with Crippen molar-refractivity contribution in [1.29, 1.82) is 0 Å². The molecule has 0 unspecified atom stereocenters. The van der Waals surface area contributed by atoms with Crippen LogP contribution in [-0.4, -0.2) is 18.5 Å². The van der Waals surface area contributed by atoms with Gasteiger partial charge in [-0.25, -0.2) is 4.99 Å². The summed E-state index contributed by atoms with van der Waals surface area (Å²) in [6.07, 6.45) is 1.10. The molecule has 0 aromatic heterocycles. The third-order valence-electron chi connectivity index (χ3n) is 2.80. The maximum Gasteiger partial charge on any atom is 0.212 e. The minimum absolute atomic E-state index is 0.186. The first-order chi connectivity index (χ1) is 8.16. The maximum absolute atomic E-state index is 5.76. The summed E-state index contributed by atoms with van der Waals surface area (Å²) in [7, 11) is 0. The van der Waals surface area contributed by atoms with E-state index in [9.17, 15) is 0 Å². The van der Waals surface area contributed by atoms with Crippen molar-refractivity contribution in [2.45, 2.75) is 33.3 Å². The van der Waals surface area contributed by atoms with Crippen LogP contribution in [0.4, 0.5) is 0 Å². The van der Waals surface area contributed by atoms with E-state index in [2.05, 4.69) is 36.2 Å². The van der Waals surface area contributed by atoms with Gasteiger partial charge in [0.2, 0.25) is 5.90 Å². The molecule has 2 rings (SSSR count). The number of hydrogen-bond donors (Lipinski definition) is 0. The summed E-state index contributed by atoms with van der Waals surface area (Å²) in [6, 6.07) is 10.5. The molecule has 17 heavy (non-hydrogen) atoms.